The van der Waals surface area contributed by atoms with E-state index in [1.54, 1.807) is 26.0 Å². The average Bonchev–Trinajstić information content (AvgIpc) is 2.38. The van der Waals surface area contributed by atoms with Crippen molar-refractivity contribution in [2.24, 2.45) is 0 Å². The zero-order chi connectivity index (χ0) is 15.4. The van der Waals surface area contributed by atoms with Gasteiger partial charge in [0.1, 0.15) is 0 Å². The largest absolute Gasteiger partial charge is 0.294 e. The van der Waals surface area contributed by atoms with Crippen LogP contribution in [0.2, 0.25) is 0 Å². The molecule has 1 aromatic carbocycles. The van der Waals surface area contributed by atoms with Crippen LogP contribution < -0.4 is 0 Å². The van der Waals surface area contributed by atoms with Gasteiger partial charge >= 0.3 is 0 Å². The molecule has 1 rings (SSSR count). The lowest BCUT2D eigenvalue weighted by Gasteiger charge is -2.02. The van der Waals surface area contributed by atoms with Crippen molar-refractivity contribution >= 4 is 10.1 Å². The Bertz CT molecular complexity index is 409. The van der Waals surface area contributed by atoms with Gasteiger partial charge in [0.15, 0.2) is 0 Å². The summed E-state index contributed by atoms with van der Waals surface area (Å²) in [5.41, 5.74) is 1.37. The number of benzene rings is 1. The van der Waals surface area contributed by atoms with E-state index in [1.807, 2.05) is 27.7 Å². The average molecular weight is 274 g/mol. The molecular formula is C14H26O3S. The van der Waals surface area contributed by atoms with Gasteiger partial charge in [0, 0.05) is 0 Å². The van der Waals surface area contributed by atoms with Gasteiger partial charge in [-0.25, -0.2) is 0 Å². The van der Waals surface area contributed by atoms with E-state index in [2.05, 4.69) is 13.2 Å². The van der Waals surface area contributed by atoms with Gasteiger partial charge < -0.3 is 0 Å². The first-order valence-electron chi connectivity index (χ1n) is 5.96. The Labute approximate surface area is 112 Å². The molecule has 0 saturated heterocycles. The van der Waals surface area contributed by atoms with Crippen LogP contribution in [0.15, 0.2) is 36.3 Å². The molecule has 0 aliphatic carbocycles. The Morgan fingerprint density at radius 2 is 1.39 bits per heavy atom. The highest BCUT2D eigenvalue weighted by atomic mass is 32.2. The Morgan fingerprint density at radius 1 is 1.00 bits per heavy atom. The van der Waals surface area contributed by atoms with E-state index < -0.39 is 10.1 Å². The molecule has 1 N–H and O–H groups in total. The van der Waals surface area contributed by atoms with Crippen LogP contribution in [0.4, 0.5) is 0 Å². The molecule has 0 amide bonds. The van der Waals surface area contributed by atoms with Crippen molar-refractivity contribution in [2.45, 2.75) is 46.4 Å². The van der Waals surface area contributed by atoms with E-state index in [0.717, 1.165) is 5.56 Å². The third-order valence-corrected chi connectivity index (χ3v) is 2.62. The fourth-order valence-electron chi connectivity index (χ4n) is 0.985. The van der Waals surface area contributed by atoms with Crippen LogP contribution in [0.1, 0.15) is 38.8 Å². The molecule has 18 heavy (non-hydrogen) atoms. The summed E-state index contributed by atoms with van der Waals surface area (Å²) in [4.78, 5) is -0.0116. The highest BCUT2D eigenvalue weighted by molar-refractivity contribution is 7.85. The van der Waals surface area contributed by atoms with Crippen LogP contribution in [0.3, 0.4) is 0 Å². The van der Waals surface area contributed by atoms with Gasteiger partial charge in [-0.05, 0) is 31.0 Å². The molecule has 1 aromatic rings. The first-order valence-corrected chi connectivity index (χ1v) is 7.40. The highest BCUT2D eigenvalue weighted by Gasteiger charge is 2.11. The molecule has 0 aromatic heterocycles. The summed E-state index contributed by atoms with van der Waals surface area (Å²) >= 11 is 0. The van der Waals surface area contributed by atoms with Crippen molar-refractivity contribution in [3.63, 3.8) is 0 Å². The van der Waals surface area contributed by atoms with Crippen molar-refractivity contribution < 1.29 is 13.0 Å². The van der Waals surface area contributed by atoms with Crippen molar-refractivity contribution in [3.8, 4) is 0 Å². The third kappa shape index (κ3) is 8.96. The van der Waals surface area contributed by atoms with Crippen molar-refractivity contribution in [1.29, 1.82) is 0 Å². The number of hydrogen-bond acceptors (Lipinski definition) is 2. The predicted molar refractivity (Wildman–Crippen MR) is 79.7 cm³/mol. The van der Waals surface area contributed by atoms with Crippen molar-refractivity contribution in [3.05, 3.63) is 42.5 Å². The first-order chi connectivity index (χ1) is 8.41. The Morgan fingerprint density at radius 3 is 1.67 bits per heavy atom. The maximum absolute atomic E-state index is 10.8. The van der Waals surface area contributed by atoms with E-state index in [0.29, 0.717) is 5.56 Å². The summed E-state index contributed by atoms with van der Waals surface area (Å²) in [5, 5.41) is 0. The molecule has 0 saturated carbocycles. The quantitative estimate of drug-likeness (QED) is 0.610. The smallest absolute Gasteiger partial charge is 0.282 e. The fraction of sp³-hybridized carbons (Fsp3) is 0.429. The van der Waals surface area contributed by atoms with Gasteiger partial charge in [-0.1, -0.05) is 39.8 Å². The van der Waals surface area contributed by atoms with Crippen LogP contribution in [0, 0.1) is 13.8 Å². The summed E-state index contributed by atoms with van der Waals surface area (Å²) in [5.74, 6) is 0. The monoisotopic (exact) mass is 274 g/mol. The van der Waals surface area contributed by atoms with Crippen molar-refractivity contribution in [1.82, 2.24) is 0 Å². The first kappa shape index (κ1) is 22.1. The summed E-state index contributed by atoms with van der Waals surface area (Å²) in [7, 11) is -4.06. The summed E-state index contributed by atoms with van der Waals surface area (Å²) in [6, 6.07) is 4.91. The molecule has 4 heteroatoms. The zero-order valence-electron chi connectivity index (χ0n) is 12.3. The molecule has 0 unspecified atom stereocenters. The second kappa shape index (κ2) is 12.3. The number of rotatable bonds is 1. The van der Waals surface area contributed by atoms with Gasteiger partial charge in [-0.15, -0.1) is 13.2 Å². The predicted octanol–water partition coefficient (Wildman–Crippen LogP) is 4.40. The normalized spacial score (nSPS) is 8.61. The Balaban J connectivity index is -0.000000328. The number of aryl methyl sites for hydroxylation is 2. The molecule has 0 atom stereocenters. The van der Waals surface area contributed by atoms with E-state index in [-0.39, 0.29) is 4.90 Å². The second-order valence-electron chi connectivity index (χ2n) is 2.74. The molecule has 0 heterocycles. The molecule has 0 aliphatic heterocycles. The van der Waals surface area contributed by atoms with Crippen LogP contribution in [-0.2, 0) is 10.1 Å². The lowest BCUT2D eigenvalue weighted by atomic mass is 10.2. The highest BCUT2D eigenvalue weighted by Crippen LogP contribution is 2.15. The summed E-state index contributed by atoms with van der Waals surface area (Å²) < 4.78 is 30.3. The number of hydrogen-bond donors (Lipinski definition) is 1. The Kier molecular flexibility index (Phi) is 15.1. The Hall–Kier alpha value is -1.13. The SMILES string of the molecule is C=C.CC.CC.Cc1ccc(C)c(S(=O)(=O)O)c1. The minimum atomic E-state index is -4.06. The zero-order valence-corrected chi connectivity index (χ0v) is 13.1. The fourth-order valence-corrected chi connectivity index (χ4v) is 1.79. The third-order valence-electron chi connectivity index (χ3n) is 1.62. The molecule has 0 radical (unpaired) electrons. The molecule has 106 valence electrons. The standard InChI is InChI=1S/C8H10O3S.2C2H6.C2H4/c1-6-3-4-7(2)8(5-6)12(9,10)11;3*1-2/h3-5H,1-2H3,(H,9,10,11);2*1-2H3;1-2H2. The van der Waals surface area contributed by atoms with E-state index in [1.165, 1.54) is 6.07 Å². The lowest BCUT2D eigenvalue weighted by Crippen LogP contribution is -2.00. The lowest BCUT2D eigenvalue weighted by molar-refractivity contribution is 0.482. The topological polar surface area (TPSA) is 54.4 Å². The molecule has 0 spiro atoms. The van der Waals surface area contributed by atoms with Gasteiger partial charge in [-0.3, -0.25) is 4.55 Å². The van der Waals surface area contributed by atoms with Crippen LogP contribution >= 0.6 is 0 Å². The summed E-state index contributed by atoms with van der Waals surface area (Å²) in [6.07, 6.45) is 0. The molecule has 0 bridgehead atoms. The van der Waals surface area contributed by atoms with Crippen LogP contribution in [0.25, 0.3) is 0 Å². The second-order valence-corrected chi connectivity index (χ2v) is 4.13. The minimum Gasteiger partial charge on any atom is -0.282 e. The molecule has 0 fully saturated rings. The molecule has 0 aliphatic rings. The summed E-state index contributed by atoms with van der Waals surface area (Å²) in [6.45, 7) is 17.4. The van der Waals surface area contributed by atoms with Gasteiger partial charge in [0.05, 0.1) is 4.90 Å². The van der Waals surface area contributed by atoms with E-state index in [4.69, 9.17) is 4.55 Å². The molecule has 3 nitrogen and oxygen atoms in total. The van der Waals surface area contributed by atoms with Gasteiger partial charge in [0.2, 0.25) is 0 Å². The van der Waals surface area contributed by atoms with E-state index >= 15 is 0 Å². The maximum atomic E-state index is 10.8. The maximum Gasteiger partial charge on any atom is 0.294 e. The van der Waals surface area contributed by atoms with Crippen molar-refractivity contribution in [2.75, 3.05) is 0 Å². The van der Waals surface area contributed by atoms with E-state index in [9.17, 15) is 8.42 Å². The molecular weight excluding hydrogens is 248 g/mol. The minimum absolute atomic E-state index is 0.0116. The van der Waals surface area contributed by atoms with Crippen LogP contribution in [-0.4, -0.2) is 13.0 Å². The van der Waals surface area contributed by atoms with Gasteiger partial charge in [-0.2, -0.15) is 8.42 Å². The van der Waals surface area contributed by atoms with Gasteiger partial charge in [0.25, 0.3) is 10.1 Å². The van der Waals surface area contributed by atoms with Crippen LogP contribution in [0.5, 0.6) is 0 Å².